The van der Waals surface area contributed by atoms with Gasteiger partial charge >= 0.3 is 0 Å². The lowest BCUT2D eigenvalue weighted by molar-refractivity contribution is 0.260. The van der Waals surface area contributed by atoms with Gasteiger partial charge in [-0.05, 0) is 0 Å². The zero-order valence-corrected chi connectivity index (χ0v) is 8.15. The Balaban J connectivity index is -0.000000107. The Morgan fingerprint density at radius 1 is 1.00 bits per heavy atom. The zero-order chi connectivity index (χ0) is 8.57. The number of carbonyl (C=O) groups is 2. The molecule has 0 fully saturated rings. The van der Waals surface area contributed by atoms with Crippen molar-refractivity contribution in [3.05, 3.63) is 0 Å². The molecule has 0 saturated heterocycles. The van der Waals surface area contributed by atoms with Crippen LogP contribution in [-0.4, -0.2) is 10.5 Å². The molecule has 0 unspecified atom stereocenters. The fourth-order valence-electron chi connectivity index (χ4n) is 0. The highest BCUT2D eigenvalue weighted by Gasteiger charge is 1.75. The summed E-state index contributed by atoms with van der Waals surface area (Å²) in [5.41, 5.74) is 3.51. The molecule has 0 rings (SSSR count). The maximum Gasteiger partial charge on any atom is 0.289 e. The molecule has 6 nitrogen and oxygen atoms in total. The molecule has 0 radical (unpaired) electrons. The van der Waals surface area contributed by atoms with Crippen molar-refractivity contribution < 1.29 is 9.59 Å². The topological polar surface area (TPSA) is 110 Å². The molecule has 0 aliphatic heterocycles. The Morgan fingerprint density at radius 2 is 1.09 bits per heavy atom. The minimum absolute atomic E-state index is 0. The molecule has 0 aromatic carbocycles. The summed E-state index contributed by atoms with van der Waals surface area (Å²) in [4.78, 5) is 18.9. The number of hydrazine groups is 2. The monoisotopic (exact) mass is 218 g/mol. The van der Waals surface area contributed by atoms with Gasteiger partial charge in [0.15, 0.2) is 0 Å². The molecule has 0 spiro atoms. The van der Waals surface area contributed by atoms with Crippen LogP contribution < -0.4 is 22.5 Å². The van der Waals surface area contributed by atoms with E-state index >= 15 is 0 Å². The second kappa shape index (κ2) is 12.6. The number of nitrogens with one attached hydrogen (secondary N) is 2. The van der Waals surface area contributed by atoms with Crippen molar-refractivity contribution in [1.82, 2.24) is 10.9 Å². The molecule has 0 saturated carbocycles. The maximum atomic E-state index is 9.44. The Kier molecular flexibility index (Phi) is 19.6. The Labute approximate surface area is 81.7 Å². The number of amides is 2. The Morgan fingerprint density at radius 3 is 1.09 bits per heavy atom. The molecule has 0 aliphatic carbocycles. The molecular formula is C2H10N4O2S3. The summed E-state index contributed by atoms with van der Waals surface area (Å²) < 4.78 is 0. The molecule has 0 aliphatic rings. The fraction of sp³-hybridized carbons (Fsp3) is 0. The van der Waals surface area contributed by atoms with Crippen LogP contribution in [0.2, 0.25) is 0 Å². The number of nitrogens with two attached hydrogens (primary N) is 2. The lowest BCUT2D eigenvalue weighted by Gasteiger charge is -1.79. The van der Waals surface area contributed by atoms with E-state index in [1.807, 2.05) is 0 Å². The number of thiol groups is 2. The normalized spacial score (nSPS) is 6.18. The van der Waals surface area contributed by atoms with Crippen molar-refractivity contribution in [3.8, 4) is 0 Å². The summed E-state index contributed by atoms with van der Waals surface area (Å²) in [6.07, 6.45) is 0. The van der Waals surface area contributed by atoms with Crippen LogP contribution in [0.25, 0.3) is 0 Å². The third kappa shape index (κ3) is 40.6. The van der Waals surface area contributed by atoms with Gasteiger partial charge in [-0.3, -0.25) is 20.4 Å². The minimum Gasteiger partial charge on any atom is -0.285 e. The van der Waals surface area contributed by atoms with Crippen LogP contribution in [0.1, 0.15) is 0 Å². The molecule has 11 heavy (non-hydrogen) atoms. The van der Waals surface area contributed by atoms with Gasteiger partial charge in [0.05, 0.1) is 0 Å². The van der Waals surface area contributed by atoms with E-state index in [-0.39, 0.29) is 13.5 Å². The van der Waals surface area contributed by atoms with Gasteiger partial charge in [-0.2, -0.15) is 13.5 Å². The summed E-state index contributed by atoms with van der Waals surface area (Å²) in [6.45, 7) is 0. The van der Waals surface area contributed by atoms with E-state index in [0.29, 0.717) is 0 Å². The highest BCUT2D eigenvalue weighted by Crippen LogP contribution is 1.66. The van der Waals surface area contributed by atoms with Crippen molar-refractivity contribution in [2.45, 2.75) is 0 Å². The number of rotatable bonds is 0. The van der Waals surface area contributed by atoms with E-state index in [9.17, 15) is 9.59 Å². The smallest absolute Gasteiger partial charge is 0.285 e. The lowest BCUT2D eigenvalue weighted by Crippen LogP contribution is -2.23. The van der Waals surface area contributed by atoms with Gasteiger partial charge in [0, 0.05) is 0 Å². The first-order valence-corrected chi connectivity index (χ1v) is 2.83. The van der Waals surface area contributed by atoms with Crippen molar-refractivity contribution in [1.29, 1.82) is 0 Å². The quantitative estimate of drug-likeness (QED) is 0.137. The molecular weight excluding hydrogens is 208 g/mol. The molecule has 9 heteroatoms. The fourth-order valence-corrected chi connectivity index (χ4v) is 0. The highest BCUT2D eigenvalue weighted by atomic mass is 32.1. The standard InChI is InChI=1S/2CH4N2OS.H2S/c2*2-3-1(4)5;/h2*2H2,(H2,3,4,5);1H2. The number of hydrogen-bond acceptors (Lipinski definition) is 4. The molecule has 0 aromatic heterocycles. The molecule has 0 aromatic rings. The second-order valence-corrected chi connectivity index (χ2v) is 1.71. The number of carbonyl (C=O) groups excluding carboxylic acids is 2. The van der Waals surface area contributed by atoms with E-state index in [1.165, 1.54) is 0 Å². The van der Waals surface area contributed by atoms with E-state index in [4.69, 9.17) is 0 Å². The first-order valence-electron chi connectivity index (χ1n) is 1.93. The largest absolute Gasteiger partial charge is 0.289 e. The van der Waals surface area contributed by atoms with Crippen LogP contribution in [0.15, 0.2) is 0 Å². The van der Waals surface area contributed by atoms with Gasteiger partial charge in [0.2, 0.25) is 0 Å². The van der Waals surface area contributed by atoms with Crippen LogP contribution in [-0.2, 0) is 0 Å². The molecule has 6 N–H and O–H groups in total. The maximum absolute atomic E-state index is 9.44. The third-order valence-corrected chi connectivity index (χ3v) is 0.505. The highest BCUT2D eigenvalue weighted by molar-refractivity contribution is 7.96. The molecule has 2 amide bonds. The van der Waals surface area contributed by atoms with E-state index in [1.54, 1.807) is 10.9 Å². The summed E-state index contributed by atoms with van der Waals surface area (Å²) in [7, 11) is 0. The number of hydrogen-bond donors (Lipinski definition) is 6. The van der Waals surface area contributed by atoms with Crippen molar-refractivity contribution >= 4 is 49.2 Å². The minimum atomic E-state index is -0.523. The summed E-state index contributed by atoms with van der Waals surface area (Å²) in [5, 5.41) is -1.05. The van der Waals surface area contributed by atoms with Crippen LogP contribution in [0, 0.1) is 0 Å². The second-order valence-electron chi connectivity index (χ2n) is 0.899. The molecule has 0 atom stereocenters. The summed E-state index contributed by atoms with van der Waals surface area (Å²) >= 11 is 6.45. The van der Waals surface area contributed by atoms with Crippen molar-refractivity contribution in [3.63, 3.8) is 0 Å². The van der Waals surface area contributed by atoms with Crippen LogP contribution in [0.4, 0.5) is 9.59 Å². The van der Waals surface area contributed by atoms with E-state index in [0.717, 1.165) is 0 Å². The van der Waals surface area contributed by atoms with Gasteiger partial charge in [0.25, 0.3) is 10.5 Å². The first kappa shape index (κ1) is 17.1. The summed E-state index contributed by atoms with van der Waals surface area (Å²) in [5.74, 6) is 8.99. The van der Waals surface area contributed by atoms with E-state index in [2.05, 4.69) is 36.9 Å². The SMILES string of the molecule is NNC(=O)S.NNC(=O)S.S. The van der Waals surface area contributed by atoms with Crippen LogP contribution in [0.5, 0.6) is 0 Å². The van der Waals surface area contributed by atoms with Gasteiger partial charge in [-0.1, -0.05) is 25.3 Å². The molecule has 0 heterocycles. The third-order valence-electron chi connectivity index (χ3n) is 0.247. The predicted octanol–water partition coefficient (Wildman–Crippen LogP) is -0.888. The Bertz CT molecular complexity index is 106. The van der Waals surface area contributed by atoms with Gasteiger partial charge in [-0.25, -0.2) is 11.7 Å². The van der Waals surface area contributed by atoms with Gasteiger partial charge in [0.1, 0.15) is 0 Å². The van der Waals surface area contributed by atoms with E-state index < -0.39 is 10.5 Å². The van der Waals surface area contributed by atoms with Crippen molar-refractivity contribution in [2.75, 3.05) is 0 Å². The Hall–Kier alpha value is -0.0900. The molecule has 68 valence electrons. The van der Waals surface area contributed by atoms with Gasteiger partial charge in [-0.15, -0.1) is 0 Å². The summed E-state index contributed by atoms with van der Waals surface area (Å²) in [6, 6.07) is 0. The predicted molar refractivity (Wildman–Crippen MR) is 53.8 cm³/mol. The van der Waals surface area contributed by atoms with Crippen LogP contribution in [0.3, 0.4) is 0 Å². The zero-order valence-electron chi connectivity index (χ0n) is 5.37. The lowest BCUT2D eigenvalue weighted by atomic mass is 11.4. The average Bonchev–Trinajstić information content (AvgIpc) is 1.89. The average molecular weight is 218 g/mol. The molecule has 0 bridgehead atoms. The van der Waals surface area contributed by atoms with Crippen LogP contribution >= 0.6 is 38.8 Å². The first-order chi connectivity index (χ1) is 4.54. The van der Waals surface area contributed by atoms with Gasteiger partial charge < -0.3 is 0 Å². The van der Waals surface area contributed by atoms with Crippen molar-refractivity contribution in [2.24, 2.45) is 11.7 Å².